The summed E-state index contributed by atoms with van der Waals surface area (Å²) in [4.78, 5) is 24.5. The monoisotopic (exact) mass is 323 g/mol. The van der Waals surface area contributed by atoms with Gasteiger partial charge in [0.05, 0.1) is 17.0 Å². The Morgan fingerprint density at radius 1 is 1.64 bits per heavy atom. The smallest absolute Gasteiger partial charge is 0.387 e. The van der Waals surface area contributed by atoms with Crippen LogP contribution >= 0.6 is 11.3 Å². The lowest BCUT2D eigenvalue weighted by Gasteiger charge is -2.19. The Morgan fingerprint density at radius 3 is 3.18 bits per heavy atom. The van der Waals surface area contributed by atoms with Gasteiger partial charge >= 0.3 is 5.76 Å². The van der Waals surface area contributed by atoms with Gasteiger partial charge in [0.15, 0.2) is 0 Å². The van der Waals surface area contributed by atoms with E-state index in [1.165, 1.54) is 11.3 Å². The first-order chi connectivity index (χ1) is 10.6. The molecule has 1 saturated heterocycles. The predicted molar refractivity (Wildman–Crippen MR) is 80.7 cm³/mol. The molecule has 2 atom stereocenters. The van der Waals surface area contributed by atoms with E-state index in [4.69, 9.17) is 9.15 Å². The molecule has 0 saturated carbocycles. The Labute approximate surface area is 130 Å². The van der Waals surface area contributed by atoms with Crippen molar-refractivity contribution >= 4 is 17.2 Å². The van der Waals surface area contributed by atoms with E-state index in [0.29, 0.717) is 0 Å². The number of thiophene rings is 1. The van der Waals surface area contributed by atoms with Crippen LogP contribution in [-0.4, -0.2) is 34.4 Å². The normalized spacial score (nSPS) is 19.2. The summed E-state index contributed by atoms with van der Waals surface area (Å²) in [6.07, 6.45) is 1.99. The van der Waals surface area contributed by atoms with Crippen LogP contribution in [0.25, 0.3) is 10.8 Å². The van der Waals surface area contributed by atoms with Crippen LogP contribution in [0.5, 0.6) is 0 Å². The Morgan fingerprint density at radius 2 is 2.50 bits per heavy atom. The molecule has 3 rings (SSSR count). The van der Waals surface area contributed by atoms with E-state index >= 15 is 0 Å². The maximum Gasteiger partial charge on any atom is 0.437 e. The average Bonchev–Trinajstić information content (AvgIpc) is 3.19. The molecule has 2 aromatic heterocycles. The molecule has 1 amide bonds. The minimum Gasteiger partial charge on any atom is -0.387 e. The molecule has 22 heavy (non-hydrogen) atoms. The van der Waals surface area contributed by atoms with Gasteiger partial charge in [-0.3, -0.25) is 4.79 Å². The van der Waals surface area contributed by atoms with E-state index in [9.17, 15) is 9.59 Å². The fourth-order valence-corrected chi connectivity index (χ4v) is 3.08. The fourth-order valence-electron chi connectivity index (χ4n) is 2.43. The van der Waals surface area contributed by atoms with E-state index in [1.54, 1.807) is 6.07 Å². The maximum atomic E-state index is 12.0. The van der Waals surface area contributed by atoms with Crippen LogP contribution in [0.3, 0.4) is 0 Å². The van der Waals surface area contributed by atoms with Gasteiger partial charge in [-0.15, -0.1) is 16.4 Å². The zero-order chi connectivity index (χ0) is 15.5. The summed E-state index contributed by atoms with van der Waals surface area (Å²) in [6, 6.07) is 3.56. The second-order valence-electron chi connectivity index (χ2n) is 5.22. The quantitative estimate of drug-likeness (QED) is 0.895. The Bertz CT molecular complexity index is 685. The number of nitrogens with zero attached hydrogens (tertiary/aromatic N) is 2. The number of carbonyl (C=O) groups is 1. The third-order valence-electron chi connectivity index (χ3n) is 3.54. The molecule has 0 spiro atoms. The molecular formula is C14H17N3O4S. The molecule has 118 valence electrons. The van der Waals surface area contributed by atoms with Crippen molar-refractivity contribution in [2.45, 2.75) is 38.5 Å². The van der Waals surface area contributed by atoms with E-state index in [0.717, 1.165) is 29.0 Å². The van der Waals surface area contributed by atoms with Crippen LogP contribution in [0, 0.1) is 0 Å². The topological polar surface area (TPSA) is 86.4 Å². The van der Waals surface area contributed by atoms with Crippen LogP contribution in [0.4, 0.5) is 0 Å². The number of rotatable bonds is 5. The van der Waals surface area contributed by atoms with Gasteiger partial charge in [-0.1, -0.05) is 6.07 Å². The molecule has 0 aromatic carbocycles. The zero-order valence-corrected chi connectivity index (χ0v) is 13.0. The Balaban J connectivity index is 1.63. The number of nitrogens with one attached hydrogen (secondary N) is 1. The number of amides is 1. The molecule has 2 aromatic rings. The van der Waals surface area contributed by atoms with E-state index < -0.39 is 5.76 Å². The lowest BCUT2D eigenvalue weighted by molar-refractivity contribution is -0.123. The maximum absolute atomic E-state index is 12.0. The van der Waals surface area contributed by atoms with Crippen molar-refractivity contribution in [1.29, 1.82) is 0 Å². The molecule has 3 heterocycles. The largest absolute Gasteiger partial charge is 0.437 e. The first-order valence-electron chi connectivity index (χ1n) is 7.16. The second kappa shape index (κ2) is 6.45. The molecule has 0 aliphatic carbocycles. The van der Waals surface area contributed by atoms with Gasteiger partial charge in [0, 0.05) is 6.61 Å². The second-order valence-corrected chi connectivity index (χ2v) is 6.16. The molecule has 7 nitrogen and oxygen atoms in total. The standard InChI is InChI=1S/C14H17N3O4S/c1-9(10-4-2-6-20-10)15-12(18)8-17-14(19)21-13(16-17)11-5-3-7-22-11/h3,5,7,9-10H,2,4,6,8H2,1H3,(H,15,18)/t9-,10-/m1/s1. The van der Waals surface area contributed by atoms with Crippen LogP contribution in [0.15, 0.2) is 26.7 Å². The number of hydrogen-bond donors (Lipinski definition) is 1. The molecule has 0 bridgehead atoms. The number of aromatic nitrogens is 2. The van der Waals surface area contributed by atoms with Gasteiger partial charge in [0.2, 0.25) is 5.91 Å². The van der Waals surface area contributed by atoms with Gasteiger partial charge in [0.25, 0.3) is 5.89 Å². The van der Waals surface area contributed by atoms with Gasteiger partial charge in [0.1, 0.15) is 6.54 Å². The summed E-state index contributed by atoms with van der Waals surface area (Å²) in [6.45, 7) is 2.47. The predicted octanol–water partition coefficient (Wildman–Crippen LogP) is 1.25. The summed E-state index contributed by atoms with van der Waals surface area (Å²) in [5, 5.41) is 8.76. The molecule has 8 heteroatoms. The molecule has 1 fully saturated rings. The SMILES string of the molecule is C[C@@H](NC(=O)Cn1nc(-c2cccs2)oc1=O)[C@H]1CCCO1. The Kier molecular flexibility index (Phi) is 4.39. The van der Waals surface area contributed by atoms with Gasteiger partial charge in [-0.2, -0.15) is 4.68 Å². The number of carbonyl (C=O) groups excluding carboxylic acids is 1. The van der Waals surface area contributed by atoms with Gasteiger partial charge in [-0.05, 0) is 31.2 Å². The summed E-state index contributed by atoms with van der Waals surface area (Å²) in [5.74, 6) is -0.681. The van der Waals surface area contributed by atoms with Crippen molar-refractivity contribution in [3.05, 3.63) is 28.1 Å². The minimum atomic E-state index is -0.636. The third-order valence-corrected chi connectivity index (χ3v) is 4.40. The van der Waals surface area contributed by atoms with Crippen molar-refractivity contribution in [1.82, 2.24) is 15.1 Å². The zero-order valence-electron chi connectivity index (χ0n) is 12.2. The highest BCUT2D eigenvalue weighted by atomic mass is 32.1. The first kappa shape index (κ1) is 15.0. The lowest BCUT2D eigenvalue weighted by Crippen LogP contribution is -2.43. The fraction of sp³-hybridized carbons (Fsp3) is 0.500. The van der Waals surface area contributed by atoms with Crippen LogP contribution in [0.1, 0.15) is 19.8 Å². The van der Waals surface area contributed by atoms with Crippen molar-refractivity contribution in [2.75, 3.05) is 6.61 Å². The van der Waals surface area contributed by atoms with E-state index in [-0.39, 0.29) is 30.5 Å². The van der Waals surface area contributed by atoms with Crippen LogP contribution in [-0.2, 0) is 16.1 Å². The summed E-state index contributed by atoms with van der Waals surface area (Å²) < 4.78 is 11.6. The molecule has 1 aliphatic heterocycles. The van der Waals surface area contributed by atoms with E-state index in [2.05, 4.69) is 10.4 Å². The van der Waals surface area contributed by atoms with Crippen molar-refractivity contribution < 1.29 is 13.9 Å². The van der Waals surface area contributed by atoms with Gasteiger partial charge < -0.3 is 14.5 Å². The number of hydrogen-bond acceptors (Lipinski definition) is 6. The van der Waals surface area contributed by atoms with Crippen molar-refractivity contribution in [3.8, 4) is 10.8 Å². The van der Waals surface area contributed by atoms with E-state index in [1.807, 2.05) is 18.4 Å². The summed E-state index contributed by atoms with van der Waals surface area (Å²) >= 11 is 1.42. The van der Waals surface area contributed by atoms with Crippen LogP contribution < -0.4 is 11.1 Å². The molecule has 0 unspecified atom stereocenters. The molecule has 0 radical (unpaired) electrons. The summed E-state index contributed by atoms with van der Waals surface area (Å²) in [5.41, 5.74) is 0. The first-order valence-corrected chi connectivity index (χ1v) is 8.04. The summed E-state index contributed by atoms with van der Waals surface area (Å²) in [7, 11) is 0. The van der Waals surface area contributed by atoms with Crippen LogP contribution in [0.2, 0.25) is 0 Å². The highest BCUT2D eigenvalue weighted by molar-refractivity contribution is 7.13. The minimum absolute atomic E-state index is 0.0414. The lowest BCUT2D eigenvalue weighted by atomic mass is 10.1. The van der Waals surface area contributed by atoms with Crippen molar-refractivity contribution in [3.63, 3.8) is 0 Å². The highest BCUT2D eigenvalue weighted by Crippen LogP contribution is 2.21. The molecular weight excluding hydrogens is 306 g/mol. The molecule has 1 N–H and O–H groups in total. The Hall–Kier alpha value is -1.93. The molecule has 1 aliphatic rings. The number of ether oxygens (including phenoxy) is 1. The van der Waals surface area contributed by atoms with Gasteiger partial charge in [-0.25, -0.2) is 4.79 Å². The average molecular weight is 323 g/mol. The third kappa shape index (κ3) is 3.28. The van der Waals surface area contributed by atoms with Crippen molar-refractivity contribution in [2.24, 2.45) is 0 Å². The highest BCUT2D eigenvalue weighted by Gasteiger charge is 2.24.